The van der Waals surface area contributed by atoms with Gasteiger partial charge < -0.3 is 0 Å². The minimum absolute atomic E-state index is 0.326. The van der Waals surface area contributed by atoms with E-state index < -0.39 is 18.4 Å². The predicted molar refractivity (Wildman–Crippen MR) is 73.2 cm³/mol. The van der Waals surface area contributed by atoms with Crippen LogP contribution in [0.2, 0.25) is 14.8 Å². The van der Waals surface area contributed by atoms with Crippen LogP contribution in [0.5, 0.6) is 0 Å². The van der Waals surface area contributed by atoms with E-state index in [-0.39, 0.29) is 0 Å². The molecule has 0 radical (unpaired) electrons. The maximum absolute atomic E-state index is 11.4. The molecule has 1 rings (SSSR count). The van der Waals surface area contributed by atoms with Gasteiger partial charge in [0, 0.05) is 0 Å². The molecule has 1 nitrogen and oxygen atoms in total. The summed E-state index contributed by atoms with van der Waals surface area (Å²) in [6.45, 7) is 4.43. The van der Waals surface area contributed by atoms with Crippen molar-refractivity contribution < 1.29 is 4.79 Å². The summed E-state index contributed by atoms with van der Waals surface area (Å²) in [6, 6.07) is 0. The number of carbonyl (C=O) groups excluding carboxylic acids is 1. The minimum atomic E-state index is -1.83. The van der Waals surface area contributed by atoms with E-state index in [4.69, 9.17) is 0 Å². The van der Waals surface area contributed by atoms with Gasteiger partial charge in [0.25, 0.3) is 0 Å². The monoisotopic (exact) mass is 328 g/mol. The van der Waals surface area contributed by atoms with Crippen molar-refractivity contribution in [2.45, 2.75) is 47.9 Å². The molecule has 90 valence electrons. The number of rotatable bonds is 4. The molecular formula is C14H24OSn. The molecule has 0 amide bonds. The molecule has 0 spiro atoms. The standard InChI is InChI=1S/C11H15O.3CH3.Sn/c1-3-5-6-10-8-11(12)7-9(10)4-2;;;;/h5,7,10H,4,6,8H2,1-2H3;3*1H3;. The molecule has 0 N–H and O–H groups in total. The van der Waals surface area contributed by atoms with E-state index in [0.717, 1.165) is 19.3 Å². The van der Waals surface area contributed by atoms with Crippen molar-refractivity contribution in [1.82, 2.24) is 0 Å². The van der Waals surface area contributed by atoms with Gasteiger partial charge >= 0.3 is 104 Å². The van der Waals surface area contributed by atoms with Crippen molar-refractivity contribution in [2.24, 2.45) is 5.92 Å². The Morgan fingerprint density at radius 3 is 2.62 bits per heavy atom. The van der Waals surface area contributed by atoms with Gasteiger partial charge in [0.2, 0.25) is 0 Å². The zero-order valence-corrected chi connectivity index (χ0v) is 14.1. The van der Waals surface area contributed by atoms with Crippen LogP contribution in [-0.4, -0.2) is 24.2 Å². The van der Waals surface area contributed by atoms with Crippen LogP contribution < -0.4 is 0 Å². The Kier molecular flexibility index (Phi) is 4.84. The average Bonchev–Trinajstić information content (AvgIpc) is 2.53. The third-order valence-electron chi connectivity index (χ3n) is 3.62. The fourth-order valence-corrected chi connectivity index (χ4v) is 4.09. The van der Waals surface area contributed by atoms with Gasteiger partial charge in [-0.3, -0.25) is 0 Å². The first kappa shape index (κ1) is 14.0. The Hall–Kier alpha value is -0.0513. The molecule has 0 aromatic carbocycles. The van der Waals surface area contributed by atoms with Gasteiger partial charge in [-0.2, -0.15) is 0 Å². The van der Waals surface area contributed by atoms with Crippen molar-refractivity contribution in [3.8, 4) is 0 Å². The fraction of sp³-hybridized carbons (Fsp3) is 0.643. The number of ketones is 1. The van der Waals surface area contributed by atoms with Gasteiger partial charge in [-0.1, -0.05) is 0 Å². The topological polar surface area (TPSA) is 17.1 Å². The maximum atomic E-state index is 11.4. The molecule has 1 aliphatic rings. The second kappa shape index (κ2) is 5.52. The number of hydrogen-bond acceptors (Lipinski definition) is 1. The third-order valence-corrected chi connectivity index (χ3v) is 11.0. The Balaban J connectivity index is 2.64. The first-order chi connectivity index (χ1) is 7.34. The predicted octanol–water partition coefficient (Wildman–Crippen LogP) is 4.13. The van der Waals surface area contributed by atoms with Crippen LogP contribution in [0.15, 0.2) is 21.3 Å². The van der Waals surface area contributed by atoms with Crippen LogP contribution in [-0.2, 0) is 4.79 Å². The van der Waals surface area contributed by atoms with Crippen LogP contribution >= 0.6 is 0 Å². The summed E-state index contributed by atoms with van der Waals surface area (Å²) in [7, 11) is 0. The van der Waals surface area contributed by atoms with Gasteiger partial charge in [-0.15, -0.1) is 0 Å². The van der Waals surface area contributed by atoms with E-state index in [2.05, 4.69) is 34.7 Å². The summed E-state index contributed by atoms with van der Waals surface area (Å²) in [5.41, 5.74) is 1.36. The molecule has 0 bridgehead atoms. The zero-order chi connectivity index (χ0) is 12.3. The molecule has 16 heavy (non-hydrogen) atoms. The normalized spacial score (nSPS) is 22.6. The van der Waals surface area contributed by atoms with Gasteiger partial charge in [0.15, 0.2) is 0 Å². The summed E-state index contributed by atoms with van der Waals surface area (Å²) in [6.07, 6.45) is 7.12. The molecule has 0 fully saturated rings. The summed E-state index contributed by atoms with van der Waals surface area (Å²) < 4.78 is 1.63. The summed E-state index contributed by atoms with van der Waals surface area (Å²) >= 11 is -1.83. The second-order valence-corrected chi connectivity index (χ2v) is 20.9. The third kappa shape index (κ3) is 3.76. The van der Waals surface area contributed by atoms with Gasteiger partial charge in [-0.25, -0.2) is 0 Å². The number of carbonyl (C=O) groups is 1. The molecule has 0 heterocycles. The van der Waals surface area contributed by atoms with Crippen LogP contribution in [0.25, 0.3) is 0 Å². The van der Waals surface area contributed by atoms with Gasteiger partial charge in [0.05, 0.1) is 0 Å². The fourth-order valence-electron chi connectivity index (χ4n) is 2.01. The van der Waals surface area contributed by atoms with Crippen LogP contribution in [0.4, 0.5) is 0 Å². The van der Waals surface area contributed by atoms with E-state index in [1.165, 1.54) is 5.57 Å². The molecule has 1 unspecified atom stereocenters. The Labute approximate surface area is 104 Å². The first-order valence-electron chi connectivity index (χ1n) is 6.25. The molecule has 0 aromatic rings. The molecule has 0 aromatic heterocycles. The van der Waals surface area contributed by atoms with E-state index in [9.17, 15) is 4.79 Å². The molecule has 1 atom stereocenters. The van der Waals surface area contributed by atoms with Crippen molar-refractivity contribution in [3.05, 3.63) is 21.3 Å². The summed E-state index contributed by atoms with van der Waals surface area (Å²) in [5, 5.41) is 0. The van der Waals surface area contributed by atoms with E-state index in [0.29, 0.717) is 11.7 Å². The van der Waals surface area contributed by atoms with E-state index in [1.807, 2.05) is 6.08 Å². The van der Waals surface area contributed by atoms with E-state index in [1.54, 1.807) is 3.59 Å². The first-order valence-corrected chi connectivity index (χ1v) is 16.2. The van der Waals surface area contributed by atoms with Gasteiger partial charge in [0.1, 0.15) is 0 Å². The summed E-state index contributed by atoms with van der Waals surface area (Å²) in [5.74, 6) is 0.827. The van der Waals surface area contributed by atoms with Crippen LogP contribution in [0, 0.1) is 5.92 Å². The van der Waals surface area contributed by atoms with Crippen molar-refractivity contribution in [1.29, 1.82) is 0 Å². The van der Waals surface area contributed by atoms with Gasteiger partial charge in [-0.05, 0) is 0 Å². The Morgan fingerprint density at radius 2 is 2.12 bits per heavy atom. The molecule has 0 aliphatic heterocycles. The van der Waals surface area contributed by atoms with Crippen molar-refractivity contribution >= 4 is 24.2 Å². The Morgan fingerprint density at radius 1 is 1.50 bits per heavy atom. The van der Waals surface area contributed by atoms with E-state index >= 15 is 0 Å². The molecular weight excluding hydrogens is 303 g/mol. The SMILES string of the molecule is CCC1=CC(=O)CC1C/C=[C](\C)[Sn]([CH3])([CH3])[CH3]. The van der Waals surface area contributed by atoms with Crippen molar-refractivity contribution in [3.63, 3.8) is 0 Å². The second-order valence-electron chi connectivity index (χ2n) is 5.81. The van der Waals surface area contributed by atoms with Crippen LogP contribution in [0.1, 0.15) is 33.1 Å². The average molecular weight is 327 g/mol. The molecule has 0 saturated carbocycles. The number of allylic oxidation sites excluding steroid dienone is 4. The molecule has 1 aliphatic carbocycles. The molecule has 0 saturated heterocycles. The quantitative estimate of drug-likeness (QED) is 0.710. The van der Waals surface area contributed by atoms with Crippen molar-refractivity contribution in [2.75, 3.05) is 0 Å². The molecule has 2 heteroatoms. The number of hydrogen-bond donors (Lipinski definition) is 0. The van der Waals surface area contributed by atoms with Crippen LogP contribution in [0.3, 0.4) is 0 Å². The summed E-state index contributed by atoms with van der Waals surface area (Å²) in [4.78, 5) is 18.7. The zero-order valence-electron chi connectivity index (χ0n) is 11.3. The Bertz CT molecular complexity index is 331.